The van der Waals surface area contributed by atoms with Crippen molar-refractivity contribution in [3.05, 3.63) is 61.2 Å². The predicted octanol–water partition coefficient (Wildman–Crippen LogP) is 3.73. The first-order chi connectivity index (χ1) is 10.4. The fourth-order valence-electron chi connectivity index (χ4n) is 2.46. The predicted molar refractivity (Wildman–Crippen MR) is 87.1 cm³/mol. The van der Waals surface area contributed by atoms with Gasteiger partial charge in [0.25, 0.3) is 0 Å². The molecule has 0 aliphatic carbocycles. The maximum atomic E-state index is 4.41. The minimum absolute atomic E-state index is 0.882. The van der Waals surface area contributed by atoms with E-state index in [1.165, 1.54) is 11.0 Å². The lowest BCUT2D eigenvalue weighted by atomic mass is 10.3. The molecule has 0 N–H and O–H groups in total. The van der Waals surface area contributed by atoms with E-state index in [1.54, 1.807) is 0 Å². The first-order valence-electron chi connectivity index (χ1n) is 6.79. The van der Waals surface area contributed by atoms with Crippen molar-refractivity contribution in [2.75, 3.05) is 0 Å². The van der Waals surface area contributed by atoms with Crippen molar-refractivity contribution in [3.8, 4) is 0 Å². The minimum Gasteiger partial charge on any atom is -0.321 e. The van der Waals surface area contributed by atoms with Crippen molar-refractivity contribution in [2.45, 2.75) is 11.8 Å². The normalized spacial score (nSPS) is 11.4. The van der Waals surface area contributed by atoms with E-state index in [2.05, 4.69) is 43.4 Å². The molecule has 0 radical (unpaired) electrons. The molecule has 0 unspecified atom stereocenters. The lowest BCUT2D eigenvalue weighted by Gasteiger charge is -2.06. The number of aromatic nitrogens is 4. The summed E-state index contributed by atoms with van der Waals surface area (Å²) in [6.07, 6.45) is 3.81. The van der Waals surface area contributed by atoms with Crippen molar-refractivity contribution >= 4 is 33.8 Å². The topological polar surface area (TPSA) is 35.6 Å². The second kappa shape index (κ2) is 5.26. The number of rotatable bonds is 4. The van der Waals surface area contributed by atoms with Crippen LogP contribution in [0.4, 0.5) is 0 Å². The van der Waals surface area contributed by atoms with Gasteiger partial charge in [-0.3, -0.25) is 0 Å². The van der Waals surface area contributed by atoms with Gasteiger partial charge in [0.15, 0.2) is 0 Å². The number of imidazole rings is 2. The Labute approximate surface area is 126 Å². The molecular weight excluding hydrogens is 280 g/mol. The number of nitrogens with zero attached hydrogens (tertiary/aromatic N) is 4. The molecule has 0 spiro atoms. The van der Waals surface area contributed by atoms with Crippen LogP contribution in [0.3, 0.4) is 0 Å². The van der Waals surface area contributed by atoms with Crippen LogP contribution < -0.4 is 0 Å². The van der Waals surface area contributed by atoms with Gasteiger partial charge in [-0.2, -0.15) is 0 Å². The second-order valence-electron chi connectivity index (χ2n) is 4.87. The van der Waals surface area contributed by atoms with Crippen LogP contribution in [0.25, 0.3) is 22.1 Å². The minimum atomic E-state index is 0.882. The van der Waals surface area contributed by atoms with Crippen LogP contribution in [-0.4, -0.2) is 19.1 Å². The van der Waals surface area contributed by atoms with Gasteiger partial charge in [0.2, 0.25) is 0 Å². The third kappa shape index (κ3) is 2.29. The molecule has 2 aromatic heterocycles. The Kier molecular flexibility index (Phi) is 3.12. The molecule has 0 bridgehead atoms. The van der Waals surface area contributed by atoms with E-state index in [-0.39, 0.29) is 0 Å². The van der Waals surface area contributed by atoms with E-state index in [0.717, 1.165) is 22.8 Å². The van der Waals surface area contributed by atoms with E-state index in [0.29, 0.717) is 0 Å². The van der Waals surface area contributed by atoms with E-state index in [1.807, 2.05) is 48.7 Å². The average Bonchev–Trinajstić information content (AvgIpc) is 3.13. The van der Waals surface area contributed by atoms with Crippen LogP contribution in [0.15, 0.2) is 61.2 Å². The number of para-hydroxylation sites is 4. The van der Waals surface area contributed by atoms with Crippen LogP contribution in [0.1, 0.15) is 0 Å². The Bertz CT molecular complexity index is 819. The highest BCUT2D eigenvalue weighted by Crippen LogP contribution is 2.19. The molecule has 2 aromatic carbocycles. The fourth-order valence-corrected chi connectivity index (χ4v) is 3.35. The summed E-state index contributed by atoms with van der Waals surface area (Å²) in [5.41, 5.74) is 4.46. The van der Waals surface area contributed by atoms with E-state index in [4.69, 9.17) is 0 Å². The van der Waals surface area contributed by atoms with Gasteiger partial charge < -0.3 is 9.13 Å². The Balaban J connectivity index is 1.50. The summed E-state index contributed by atoms with van der Waals surface area (Å²) in [5.74, 6) is 1.76. The molecule has 0 saturated carbocycles. The maximum absolute atomic E-state index is 4.41. The lowest BCUT2D eigenvalue weighted by molar-refractivity contribution is 0.885. The van der Waals surface area contributed by atoms with Gasteiger partial charge in [0.05, 0.1) is 46.5 Å². The van der Waals surface area contributed by atoms with E-state index < -0.39 is 0 Å². The number of fused-ring (bicyclic) bond motifs is 2. The molecule has 0 fully saturated rings. The zero-order chi connectivity index (χ0) is 14.1. The Morgan fingerprint density at radius 3 is 1.71 bits per heavy atom. The third-order valence-electron chi connectivity index (χ3n) is 3.52. The number of hydrogen-bond acceptors (Lipinski definition) is 3. The summed E-state index contributed by atoms with van der Waals surface area (Å²) in [6, 6.07) is 16.4. The van der Waals surface area contributed by atoms with E-state index in [9.17, 15) is 0 Å². The molecule has 0 atom stereocenters. The Morgan fingerprint density at radius 1 is 0.714 bits per heavy atom. The average molecular weight is 294 g/mol. The summed E-state index contributed by atoms with van der Waals surface area (Å²) < 4.78 is 4.36. The molecule has 4 rings (SSSR count). The van der Waals surface area contributed by atoms with Crippen molar-refractivity contribution in [2.24, 2.45) is 0 Å². The van der Waals surface area contributed by atoms with Crippen LogP contribution in [-0.2, 0) is 11.8 Å². The summed E-state index contributed by atoms with van der Waals surface area (Å²) in [6.45, 7) is 0. The molecule has 0 aliphatic heterocycles. The van der Waals surface area contributed by atoms with Gasteiger partial charge in [-0.15, -0.1) is 11.8 Å². The van der Waals surface area contributed by atoms with E-state index >= 15 is 0 Å². The van der Waals surface area contributed by atoms with Gasteiger partial charge in [-0.05, 0) is 24.3 Å². The molecule has 104 valence electrons. The molecule has 0 saturated heterocycles. The van der Waals surface area contributed by atoms with Gasteiger partial charge in [-0.1, -0.05) is 24.3 Å². The summed E-state index contributed by atoms with van der Waals surface area (Å²) in [5, 5.41) is 0. The smallest absolute Gasteiger partial charge is 0.0965 e. The highest BCUT2D eigenvalue weighted by atomic mass is 32.2. The van der Waals surface area contributed by atoms with Gasteiger partial charge >= 0.3 is 0 Å². The largest absolute Gasteiger partial charge is 0.321 e. The summed E-state index contributed by atoms with van der Waals surface area (Å²) >= 11 is 1.84. The van der Waals surface area contributed by atoms with Crippen molar-refractivity contribution in [3.63, 3.8) is 0 Å². The molecule has 0 aliphatic rings. The molecule has 5 heteroatoms. The summed E-state index contributed by atoms with van der Waals surface area (Å²) in [7, 11) is 0. The highest BCUT2D eigenvalue weighted by molar-refractivity contribution is 7.97. The van der Waals surface area contributed by atoms with Gasteiger partial charge in [-0.25, -0.2) is 9.97 Å². The number of benzene rings is 2. The van der Waals surface area contributed by atoms with Crippen molar-refractivity contribution in [1.82, 2.24) is 19.1 Å². The van der Waals surface area contributed by atoms with Crippen LogP contribution in [0, 0.1) is 0 Å². The SMILES string of the molecule is c1ccc2c(c1)ncn2CSCn1cnc2ccccc21. The molecule has 2 heterocycles. The summed E-state index contributed by atoms with van der Waals surface area (Å²) in [4.78, 5) is 8.83. The van der Waals surface area contributed by atoms with Crippen LogP contribution in [0.5, 0.6) is 0 Å². The number of hydrogen-bond donors (Lipinski definition) is 0. The monoisotopic (exact) mass is 294 g/mol. The fraction of sp³-hybridized carbons (Fsp3) is 0.125. The molecule has 0 amide bonds. The van der Waals surface area contributed by atoms with Crippen molar-refractivity contribution < 1.29 is 0 Å². The maximum Gasteiger partial charge on any atom is 0.0965 e. The molecule has 21 heavy (non-hydrogen) atoms. The van der Waals surface area contributed by atoms with Gasteiger partial charge in [0, 0.05) is 0 Å². The number of thioether (sulfide) groups is 1. The van der Waals surface area contributed by atoms with Crippen LogP contribution >= 0.6 is 11.8 Å². The van der Waals surface area contributed by atoms with Crippen LogP contribution in [0.2, 0.25) is 0 Å². The first kappa shape index (κ1) is 12.5. The van der Waals surface area contributed by atoms with Crippen molar-refractivity contribution in [1.29, 1.82) is 0 Å². The molecule has 4 nitrogen and oxygen atoms in total. The Hall–Kier alpha value is -2.27. The van der Waals surface area contributed by atoms with Gasteiger partial charge in [0.1, 0.15) is 0 Å². The zero-order valence-electron chi connectivity index (χ0n) is 11.4. The lowest BCUT2D eigenvalue weighted by Crippen LogP contribution is -1.97. The second-order valence-corrected chi connectivity index (χ2v) is 5.79. The standard InChI is InChI=1S/C16H14N4S/c1-3-7-15-13(5-1)17-9-19(15)11-21-12-20-10-18-14-6-2-4-8-16(14)20/h1-10H,11-12H2. The third-order valence-corrected chi connectivity index (χ3v) is 4.44. The Morgan fingerprint density at radius 2 is 1.19 bits per heavy atom. The highest BCUT2D eigenvalue weighted by Gasteiger charge is 2.03. The zero-order valence-corrected chi connectivity index (χ0v) is 12.2. The molecular formula is C16H14N4S. The molecule has 4 aromatic rings. The first-order valence-corrected chi connectivity index (χ1v) is 7.95. The quantitative estimate of drug-likeness (QED) is 0.575.